The molecule has 2 aromatic rings. The number of benzene rings is 1. The lowest BCUT2D eigenvalue weighted by Crippen LogP contribution is -2.34. The van der Waals surface area contributed by atoms with E-state index in [1.807, 2.05) is 4.68 Å². The van der Waals surface area contributed by atoms with Crippen molar-refractivity contribution in [2.45, 2.75) is 38.8 Å². The molecule has 1 aliphatic heterocycles. The predicted molar refractivity (Wildman–Crippen MR) is 71.2 cm³/mol. The van der Waals surface area contributed by atoms with Crippen LogP contribution in [0.1, 0.15) is 30.7 Å². The lowest BCUT2D eigenvalue weighted by Gasteiger charge is -2.23. The maximum absolute atomic E-state index is 6.02. The van der Waals surface area contributed by atoms with E-state index in [0.29, 0.717) is 5.92 Å². The standard InChI is InChI=1S/C14H18N4/c1-9-3-5-11(6-4-9)13-16-14-10(2)7-12(15)8-18(14)17-13/h3-6,10,12H,7-8,15H2,1-2H3. The average molecular weight is 242 g/mol. The van der Waals surface area contributed by atoms with Crippen molar-refractivity contribution in [3.8, 4) is 11.4 Å². The molecule has 94 valence electrons. The summed E-state index contributed by atoms with van der Waals surface area (Å²) in [5.41, 5.74) is 8.34. The van der Waals surface area contributed by atoms with Crippen molar-refractivity contribution >= 4 is 0 Å². The van der Waals surface area contributed by atoms with Crippen molar-refractivity contribution in [1.82, 2.24) is 14.8 Å². The second-order valence-corrected chi connectivity index (χ2v) is 5.24. The Morgan fingerprint density at radius 2 is 2.00 bits per heavy atom. The Labute approximate surface area is 107 Å². The fourth-order valence-electron chi connectivity index (χ4n) is 2.53. The molecule has 3 rings (SSSR count). The van der Waals surface area contributed by atoms with Gasteiger partial charge in [0.1, 0.15) is 5.82 Å². The minimum atomic E-state index is 0.195. The molecule has 0 bridgehead atoms. The minimum Gasteiger partial charge on any atom is -0.326 e. The van der Waals surface area contributed by atoms with Gasteiger partial charge in [-0.15, -0.1) is 0 Å². The first kappa shape index (κ1) is 11.4. The normalized spacial score (nSPS) is 22.8. The van der Waals surface area contributed by atoms with Crippen LogP contribution in [0.15, 0.2) is 24.3 Å². The fraction of sp³-hybridized carbons (Fsp3) is 0.429. The third-order valence-electron chi connectivity index (χ3n) is 3.51. The molecule has 4 heteroatoms. The molecule has 4 nitrogen and oxygen atoms in total. The zero-order chi connectivity index (χ0) is 12.7. The fourth-order valence-corrected chi connectivity index (χ4v) is 2.53. The van der Waals surface area contributed by atoms with Gasteiger partial charge in [-0.2, -0.15) is 5.10 Å². The highest BCUT2D eigenvalue weighted by molar-refractivity contribution is 5.55. The van der Waals surface area contributed by atoms with Crippen LogP contribution in [0.5, 0.6) is 0 Å². The maximum Gasteiger partial charge on any atom is 0.181 e. The highest BCUT2D eigenvalue weighted by Gasteiger charge is 2.25. The molecule has 0 saturated heterocycles. The van der Waals surface area contributed by atoms with Gasteiger partial charge in [-0.25, -0.2) is 9.67 Å². The van der Waals surface area contributed by atoms with Gasteiger partial charge in [0, 0.05) is 17.5 Å². The Balaban J connectivity index is 2.00. The van der Waals surface area contributed by atoms with E-state index in [0.717, 1.165) is 30.2 Å². The van der Waals surface area contributed by atoms with Crippen LogP contribution in [-0.4, -0.2) is 20.8 Å². The van der Waals surface area contributed by atoms with Crippen LogP contribution in [0.4, 0.5) is 0 Å². The molecule has 18 heavy (non-hydrogen) atoms. The molecule has 2 atom stereocenters. The van der Waals surface area contributed by atoms with Crippen LogP contribution < -0.4 is 5.73 Å². The summed E-state index contributed by atoms with van der Waals surface area (Å²) in [6.45, 7) is 5.02. The van der Waals surface area contributed by atoms with Gasteiger partial charge in [0.05, 0.1) is 6.54 Å². The number of fused-ring (bicyclic) bond motifs is 1. The van der Waals surface area contributed by atoms with Gasteiger partial charge in [0.25, 0.3) is 0 Å². The molecular weight excluding hydrogens is 224 g/mol. The number of hydrogen-bond donors (Lipinski definition) is 1. The molecule has 1 aromatic heterocycles. The summed E-state index contributed by atoms with van der Waals surface area (Å²) in [6.07, 6.45) is 0.992. The molecule has 0 aliphatic carbocycles. The van der Waals surface area contributed by atoms with E-state index in [9.17, 15) is 0 Å². The van der Waals surface area contributed by atoms with Gasteiger partial charge < -0.3 is 5.73 Å². The van der Waals surface area contributed by atoms with Gasteiger partial charge in [0.2, 0.25) is 0 Å². The summed E-state index contributed by atoms with van der Waals surface area (Å²) in [5, 5.41) is 4.58. The molecule has 0 saturated carbocycles. The first-order chi connectivity index (χ1) is 8.63. The largest absolute Gasteiger partial charge is 0.326 e. The van der Waals surface area contributed by atoms with Crippen molar-refractivity contribution in [2.75, 3.05) is 0 Å². The maximum atomic E-state index is 6.02. The predicted octanol–water partition coefficient (Wildman–Crippen LogP) is 2.09. The van der Waals surface area contributed by atoms with Crippen LogP contribution in [-0.2, 0) is 6.54 Å². The number of rotatable bonds is 1. The Kier molecular flexibility index (Phi) is 2.67. The first-order valence-corrected chi connectivity index (χ1v) is 6.41. The Bertz CT molecular complexity index is 556. The van der Waals surface area contributed by atoms with Gasteiger partial charge in [-0.1, -0.05) is 36.8 Å². The third-order valence-corrected chi connectivity index (χ3v) is 3.51. The SMILES string of the molecule is Cc1ccc(-c2nc3n(n2)CC(N)CC3C)cc1. The zero-order valence-electron chi connectivity index (χ0n) is 10.8. The highest BCUT2D eigenvalue weighted by atomic mass is 15.4. The lowest BCUT2D eigenvalue weighted by molar-refractivity contribution is 0.382. The smallest absolute Gasteiger partial charge is 0.181 e. The number of aryl methyl sites for hydroxylation is 1. The van der Waals surface area contributed by atoms with Crippen molar-refractivity contribution in [3.05, 3.63) is 35.7 Å². The van der Waals surface area contributed by atoms with E-state index in [1.54, 1.807) is 0 Å². The van der Waals surface area contributed by atoms with Crippen LogP contribution in [0.2, 0.25) is 0 Å². The Hall–Kier alpha value is -1.68. The summed E-state index contributed by atoms with van der Waals surface area (Å²) < 4.78 is 1.97. The van der Waals surface area contributed by atoms with E-state index in [-0.39, 0.29) is 6.04 Å². The van der Waals surface area contributed by atoms with Gasteiger partial charge in [-0.3, -0.25) is 0 Å². The third kappa shape index (κ3) is 1.93. The number of hydrogen-bond acceptors (Lipinski definition) is 3. The lowest BCUT2D eigenvalue weighted by atomic mass is 9.98. The zero-order valence-corrected chi connectivity index (χ0v) is 10.8. The Morgan fingerprint density at radius 1 is 1.28 bits per heavy atom. The van der Waals surface area contributed by atoms with Crippen LogP contribution in [0.3, 0.4) is 0 Å². The van der Waals surface area contributed by atoms with E-state index in [2.05, 4.69) is 48.2 Å². The van der Waals surface area contributed by atoms with Gasteiger partial charge in [0.15, 0.2) is 5.82 Å². The number of nitrogens with two attached hydrogens (primary N) is 1. The second-order valence-electron chi connectivity index (χ2n) is 5.24. The number of nitrogens with zero attached hydrogens (tertiary/aromatic N) is 3. The van der Waals surface area contributed by atoms with Crippen molar-refractivity contribution in [1.29, 1.82) is 0 Å². The average Bonchev–Trinajstić information content (AvgIpc) is 2.74. The molecule has 1 aromatic carbocycles. The molecule has 1 aliphatic rings. The molecule has 0 fully saturated rings. The van der Waals surface area contributed by atoms with Crippen LogP contribution in [0.25, 0.3) is 11.4 Å². The highest BCUT2D eigenvalue weighted by Crippen LogP contribution is 2.26. The molecular formula is C14H18N4. The monoisotopic (exact) mass is 242 g/mol. The first-order valence-electron chi connectivity index (χ1n) is 6.41. The number of aromatic nitrogens is 3. The van der Waals surface area contributed by atoms with E-state index >= 15 is 0 Å². The van der Waals surface area contributed by atoms with E-state index in [1.165, 1.54) is 5.56 Å². The minimum absolute atomic E-state index is 0.195. The quantitative estimate of drug-likeness (QED) is 0.833. The molecule has 0 radical (unpaired) electrons. The van der Waals surface area contributed by atoms with Crippen molar-refractivity contribution in [3.63, 3.8) is 0 Å². The molecule has 2 N–H and O–H groups in total. The summed E-state index contributed by atoms with van der Waals surface area (Å²) >= 11 is 0. The summed E-state index contributed by atoms with van der Waals surface area (Å²) in [5.74, 6) is 2.26. The Morgan fingerprint density at radius 3 is 2.72 bits per heavy atom. The summed E-state index contributed by atoms with van der Waals surface area (Å²) in [7, 11) is 0. The van der Waals surface area contributed by atoms with Crippen molar-refractivity contribution in [2.24, 2.45) is 5.73 Å². The van der Waals surface area contributed by atoms with Gasteiger partial charge >= 0.3 is 0 Å². The topological polar surface area (TPSA) is 56.7 Å². The van der Waals surface area contributed by atoms with Crippen LogP contribution in [0, 0.1) is 6.92 Å². The molecule has 0 amide bonds. The van der Waals surface area contributed by atoms with E-state index < -0.39 is 0 Å². The van der Waals surface area contributed by atoms with E-state index in [4.69, 9.17) is 5.73 Å². The van der Waals surface area contributed by atoms with Gasteiger partial charge in [-0.05, 0) is 13.3 Å². The molecule has 2 heterocycles. The second kappa shape index (κ2) is 4.21. The molecule has 2 unspecified atom stereocenters. The molecule has 0 spiro atoms. The van der Waals surface area contributed by atoms with Crippen LogP contribution >= 0.6 is 0 Å². The summed E-state index contributed by atoms with van der Waals surface area (Å²) in [6, 6.07) is 8.51. The van der Waals surface area contributed by atoms with Crippen molar-refractivity contribution < 1.29 is 0 Å². The summed E-state index contributed by atoms with van der Waals surface area (Å²) in [4.78, 5) is 4.66.